The highest BCUT2D eigenvalue weighted by Crippen LogP contribution is 2.47. The normalized spacial score (nSPS) is 26.2. The second kappa shape index (κ2) is 5.82. The second-order valence-electron chi connectivity index (χ2n) is 6.33. The Balaban J connectivity index is 1.82. The van der Waals surface area contributed by atoms with Gasteiger partial charge in [-0.1, -0.05) is 6.92 Å². The van der Waals surface area contributed by atoms with Crippen LogP contribution in [0.5, 0.6) is 0 Å². The summed E-state index contributed by atoms with van der Waals surface area (Å²) in [5.74, 6) is 0.682. The lowest BCUT2D eigenvalue weighted by molar-refractivity contribution is -0.147. The fourth-order valence-corrected chi connectivity index (χ4v) is 3.95. The van der Waals surface area contributed by atoms with E-state index in [1.165, 1.54) is 43.2 Å². The minimum Gasteiger partial charge on any atom is -0.375 e. The molecule has 1 aromatic rings. The van der Waals surface area contributed by atoms with Crippen LogP contribution in [0.2, 0.25) is 0 Å². The fourth-order valence-electron chi connectivity index (χ4n) is 3.95. The standard InChI is InChI=1S/C17H26N2O/c1-3-13-12-19-9-5-15(13)16(18-2)14-6-10-20-17(11-14)7-4-8-17/h5,9,12,14,16,18H,3-4,6-8,10-11H2,1-2H3. The van der Waals surface area contributed by atoms with E-state index in [0.29, 0.717) is 12.0 Å². The molecular weight excluding hydrogens is 248 g/mol. The van der Waals surface area contributed by atoms with Gasteiger partial charge >= 0.3 is 0 Å². The highest BCUT2D eigenvalue weighted by molar-refractivity contribution is 5.27. The Bertz CT molecular complexity index is 456. The number of ether oxygens (including phenoxy) is 1. The first-order valence-corrected chi connectivity index (χ1v) is 8.02. The smallest absolute Gasteiger partial charge is 0.0686 e. The maximum absolute atomic E-state index is 6.08. The van der Waals surface area contributed by atoms with E-state index in [9.17, 15) is 0 Å². The summed E-state index contributed by atoms with van der Waals surface area (Å²) in [6.45, 7) is 3.14. The van der Waals surface area contributed by atoms with Crippen LogP contribution < -0.4 is 5.32 Å². The number of aromatic nitrogens is 1. The van der Waals surface area contributed by atoms with E-state index < -0.39 is 0 Å². The molecule has 2 aliphatic rings. The molecule has 1 N–H and O–H groups in total. The van der Waals surface area contributed by atoms with Crippen LogP contribution in [-0.4, -0.2) is 24.2 Å². The molecule has 0 aromatic carbocycles. The first kappa shape index (κ1) is 14.0. The molecular formula is C17H26N2O. The molecule has 0 amide bonds. The monoisotopic (exact) mass is 274 g/mol. The molecule has 110 valence electrons. The largest absolute Gasteiger partial charge is 0.375 e. The number of aryl methyl sites for hydroxylation is 1. The van der Waals surface area contributed by atoms with Crippen LogP contribution in [0.3, 0.4) is 0 Å². The van der Waals surface area contributed by atoms with Crippen molar-refractivity contribution in [3.63, 3.8) is 0 Å². The molecule has 1 aliphatic heterocycles. The third kappa shape index (κ3) is 2.49. The first-order chi connectivity index (χ1) is 9.78. The zero-order chi connectivity index (χ0) is 14.0. The van der Waals surface area contributed by atoms with Crippen LogP contribution in [0.25, 0.3) is 0 Å². The Labute approximate surface area is 122 Å². The van der Waals surface area contributed by atoms with Crippen molar-refractivity contribution >= 4 is 0 Å². The Morgan fingerprint density at radius 3 is 3.00 bits per heavy atom. The lowest BCUT2D eigenvalue weighted by Crippen LogP contribution is -2.47. The van der Waals surface area contributed by atoms with Gasteiger partial charge in [-0.15, -0.1) is 0 Å². The number of nitrogens with zero attached hydrogens (tertiary/aromatic N) is 1. The third-order valence-corrected chi connectivity index (χ3v) is 5.24. The Morgan fingerprint density at radius 2 is 2.35 bits per heavy atom. The van der Waals surface area contributed by atoms with Crippen molar-refractivity contribution in [1.29, 1.82) is 0 Å². The Morgan fingerprint density at radius 1 is 1.50 bits per heavy atom. The fraction of sp³-hybridized carbons (Fsp3) is 0.706. The van der Waals surface area contributed by atoms with Gasteiger partial charge < -0.3 is 10.1 Å². The zero-order valence-corrected chi connectivity index (χ0v) is 12.7. The van der Waals surface area contributed by atoms with E-state index in [1.807, 2.05) is 12.4 Å². The van der Waals surface area contributed by atoms with Crippen molar-refractivity contribution in [1.82, 2.24) is 10.3 Å². The summed E-state index contributed by atoms with van der Waals surface area (Å²) in [5, 5.41) is 3.57. The van der Waals surface area contributed by atoms with Crippen molar-refractivity contribution in [2.75, 3.05) is 13.7 Å². The highest BCUT2D eigenvalue weighted by atomic mass is 16.5. The molecule has 0 radical (unpaired) electrons. The van der Waals surface area contributed by atoms with Crippen LogP contribution in [0, 0.1) is 5.92 Å². The summed E-state index contributed by atoms with van der Waals surface area (Å²) < 4.78 is 6.08. The van der Waals surface area contributed by atoms with Crippen LogP contribution in [0.15, 0.2) is 18.5 Å². The number of rotatable bonds is 4. The molecule has 1 spiro atoms. The van der Waals surface area contributed by atoms with E-state index in [-0.39, 0.29) is 5.60 Å². The van der Waals surface area contributed by atoms with Crippen molar-refractivity contribution in [3.8, 4) is 0 Å². The molecule has 3 nitrogen and oxygen atoms in total. The number of hydrogen-bond acceptors (Lipinski definition) is 3. The molecule has 2 unspecified atom stereocenters. The van der Waals surface area contributed by atoms with E-state index in [2.05, 4.69) is 30.3 Å². The van der Waals surface area contributed by atoms with E-state index in [4.69, 9.17) is 4.74 Å². The van der Waals surface area contributed by atoms with Gasteiger partial charge in [-0.3, -0.25) is 4.98 Å². The summed E-state index contributed by atoms with van der Waals surface area (Å²) in [6, 6.07) is 2.64. The molecule has 3 rings (SSSR count). The number of nitrogens with one attached hydrogen (secondary N) is 1. The van der Waals surface area contributed by atoms with Gasteiger partial charge in [-0.2, -0.15) is 0 Å². The molecule has 1 aromatic heterocycles. The number of hydrogen-bond donors (Lipinski definition) is 1. The summed E-state index contributed by atoms with van der Waals surface area (Å²) in [6.07, 6.45) is 11.2. The minimum absolute atomic E-state index is 0.220. The molecule has 2 atom stereocenters. The minimum atomic E-state index is 0.220. The molecule has 20 heavy (non-hydrogen) atoms. The van der Waals surface area contributed by atoms with Crippen LogP contribution in [0.4, 0.5) is 0 Å². The van der Waals surface area contributed by atoms with Crippen molar-refractivity contribution in [3.05, 3.63) is 29.6 Å². The zero-order valence-electron chi connectivity index (χ0n) is 12.7. The molecule has 1 saturated carbocycles. The molecule has 2 fully saturated rings. The molecule has 1 aliphatic carbocycles. The van der Waals surface area contributed by atoms with Gasteiger partial charge in [0, 0.05) is 25.0 Å². The first-order valence-electron chi connectivity index (χ1n) is 8.02. The van der Waals surface area contributed by atoms with Crippen LogP contribution in [0.1, 0.15) is 56.2 Å². The number of pyridine rings is 1. The van der Waals surface area contributed by atoms with Crippen LogP contribution in [-0.2, 0) is 11.2 Å². The predicted molar refractivity (Wildman–Crippen MR) is 80.7 cm³/mol. The average molecular weight is 274 g/mol. The van der Waals surface area contributed by atoms with Gasteiger partial charge in [0.2, 0.25) is 0 Å². The predicted octanol–water partition coefficient (Wildman–Crippen LogP) is 3.25. The van der Waals surface area contributed by atoms with Gasteiger partial charge in [0.15, 0.2) is 0 Å². The van der Waals surface area contributed by atoms with Crippen LogP contribution >= 0.6 is 0 Å². The lowest BCUT2D eigenvalue weighted by atomic mass is 9.69. The van der Waals surface area contributed by atoms with Gasteiger partial charge in [-0.25, -0.2) is 0 Å². The van der Waals surface area contributed by atoms with Crippen molar-refractivity contribution < 1.29 is 4.74 Å². The summed E-state index contributed by atoms with van der Waals surface area (Å²) >= 11 is 0. The van der Waals surface area contributed by atoms with E-state index in [0.717, 1.165) is 13.0 Å². The van der Waals surface area contributed by atoms with E-state index >= 15 is 0 Å². The molecule has 1 saturated heterocycles. The topological polar surface area (TPSA) is 34.2 Å². The lowest BCUT2D eigenvalue weighted by Gasteiger charge is -2.49. The average Bonchev–Trinajstić information content (AvgIpc) is 2.47. The van der Waals surface area contributed by atoms with Crippen molar-refractivity contribution in [2.45, 2.75) is 57.1 Å². The van der Waals surface area contributed by atoms with Gasteiger partial charge in [0.1, 0.15) is 0 Å². The van der Waals surface area contributed by atoms with Gasteiger partial charge in [-0.05, 0) is 68.7 Å². The maximum Gasteiger partial charge on any atom is 0.0686 e. The molecule has 3 heteroatoms. The maximum atomic E-state index is 6.08. The third-order valence-electron chi connectivity index (χ3n) is 5.24. The molecule has 0 bridgehead atoms. The second-order valence-corrected chi connectivity index (χ2v) is 6.33. The molecule has 2 heterocycles. The Kier molecular flexibility index (Phi) is 4.08. The quantitative estimate of drug-likeness (QED) is 0.915. The van der Waals surface area contributed by atoms with E-state index in [1.54, 1.807) is 0 Å². The highest BCUT2D eigenvalue weighted by Gasteiger charge is 2.44. The summed E-state index contributed by atoms with van der Waals surface area (Å²) in [5.41, 5.74) is 3.03. The van der Waals surface area contributed by atoms with Crippen molar-refractivity contribution in [2.24, 2.45) is 5.92 Å². The summed E-state index contributed by atoms with van der Waals surface area (Å²) in [7, 11) is 2.09. The Hall–Kier alpha value is -0.930. The SMILES string of the molecule is CCc1cnccc1C(NC)C1CCOC2(CCC2)C1. The summed E-state index contributed by atoms with van der Waals surface area (Å²) in [4.78, 5) is 4.28. The van der Waals surface area contributed by atoms with Gasteiger partial charge in [0.05, 0.1) is 5.60 Å². The van der Waals surface area contributed by atoms with Gasteiger partial charge in [0.25, 0.3) is 0 Å².